The van der Waals surface area contributed by atoms with E-state index in [1.54, 1.807) is 24.1 Å². The summed E-state index contributed by atoms with van der Waals surface area (Å²) < 4.78 is 13.4. The predicted molar refractivity (Wildman–Crippen MR) is 114 cm³/mol. The Morgan fingerprint density at radius 2 is 1.79 bits per heavy atom. The van der Waals surface area contributed by atoms with Gasteiger partial charge in [-0.3, -0.25) is 9.69 Å². The summed E-state index contributed by atoms with van der Waals surface area (Å²) in [5.74, 6) is 0.375. The van der Waals surface area contributed by atoms with Gasteiger partial charge in [0.15, 0.2) is 0 Å². The molecular weight excluding hydrogens is 365 g/mol. The number of aromatic nitrogens is 2. The number of halogens is 1. The van der Waals surface area contributed by atoms with Gasteiger partial charge in [-0.15, -0.1) is 0 Å². The summed E-state index contributed by atoms with van der Waals surface area (Å²) in [5, 5.41) is 1.08. The number of nitrogens with one attached hydrogen (secondary N) is 1. The van der Waals surface area contributed by atoms with Crippen LogP contribution in [0.25, 0.3) is 22.2 Å². The molecule has 1 N–H and O–H groups in total. The van der Waals surface area contributed by atoms with E-state index in [1.807, 2.05) is 49.4 Å². The third-order valence-electron chi connectivity index (χ3n) is 5.13. The number of para-hydroxylation sites is 1. The van der Waals surface area contributed by atoms with Gasteiger partial charge in [-0.05, 0) is 66.9 Å². The molecule has 29 heavy (non-hydrogen) atoms. The third kappa shape index (κ3) is 3.90. The summed E-state index contributed by atoms with van der Waals surface area (Å²) >= 11 is 0. The maximum Gasteiger partial charge on any atom is 0.228 e. The highest BCUT2D eigenvalue weighted by molar-refractivity contribution is 5.94. The van der Waals surface area contributed by atoms with E-state index in [0.717, 1.165) is 33.4 Å². The molecule has 4 nitrogen and oxygen atoms in total. The first-order valence-electron chi connectivity index (χ1n) is 9.58. The molecule has 0 radical (unpaired) electrons. The zero-order valence-electron chi connectivity index (χ0n) is 16.4. The minimum absolute atomic E-state index is 0.00145. The second kappa shape index (κ2) is 7.87. The summed E-state index contributed by atoms with van der Waals surface area (Å²) in [5.41, 5.74) is 4.76. The van der Waals surface area contributed by atoms with Crippen molar-refractivity contribution in [1.82, 2.24) is 9.97 Å². The smallest absolute Gasteiger partial charge is 0.228 e. The second-order valence-electron chi connectivity index (χ2n) is 7.12. The quantitative estimate of drug-likeness (QED) is 0.507. The Morgan fingerprint density at radius 3 is 2.55 bits per heavy atom. The van der Waals surface area contributed by atoms with Gasteiger partial charge >= 0.3 is 0 Å². The van der Waals surface area contributed by atoms with Crippen molar-refractivity contribution in [3.05, 3.63) is 83.8 Å². The molecule has 0 aliphatic heterocycles. The van der Waals surface area contributed by atoms with Crippen LogP contribution >= 0.6 is 0 Å². The van der Waals surface area contributed by atoms with Crippen molar-refractivity contribution in [1.29, 1.82) is 0 Å². The third-order valence-corrected chi connectivity index (χ3v) is 5.13. The van der Waals surface area contributed by atoms with Crippen LogP contribution in [0.4, 0.5) is 10.2 Å². The fourth-order valence-corrected chi connectivity index (χ4v) is 3.57. The Kier molecular flexibility index (Phi) is 5.12. The zero-order valence-corrected chi connectivity index (χ0v) is 16.4. The van der Waals surface area contributed by atoms with E-state index in [-0.39, 0.29) is 11.7 Å². The number of aryl methyl sites for hydroxylation is 2. The molecule has 2 aromatic carbocycles. The molecule has 4 rings (SSSR count). The SMILES string of the molecule is Cc1cccc(N(C)C(=O)CCc2c(-c3ccc(F)cc3)[nH]c3ccccc23)n1. The van der Waals surface area contributed by atoms with E-state index in [9.17, 15) is 9.18 Å². The second-order valence-corrected chi connectivity index (χ2v) is 7.12. The molecule has 0 spiro atoms. The fourth-order valence-electron chi connectivity index (χ4n) is 3.57. The molecule has 1 amide bonds. The maximum atomic E-state index is 13.4. The number of nitrogens with zero attached hydrogens (tertiary/aromatic N) is 2. The predicted octanol–water partition coefficient (Wildman–Crippen LogP) is 5.27. The van der Waals surface area contributed by atoms with Gasteiger partial charge < -0.3 is 4.98 Å². The minimum atomic E-state index is -0.270. The van der Waals surface area contributed by atoms with Crippen molar-refractivity contribution in [2.75, 3.05) is 11.9 Å². The molecule has 146 valence electrons. The highest BCUT2D eigenvalue weighted by Crippen LogP contribution is 2.31. The first-order valence-corrected chi connectivity index (χ1v) is 9.58. The molecule has 4 aromatic rings. The Balaban J connectivity index is 1.62. The molecule has 0 unspecified atom stereocenters. The summed E-state index contributed by atoms with van der Waals surface area (Å²) in [7, 11) is 1.75. The number of benzene rings is 2. The lowest BCUT2D eigenvalue weighted by atomic mass is 10.0. The van der Waals surface area contributed by atoms with E-state index in [4.69, 9.17) is 0 Å². The van der Waals surface area contributed by atoms with Gasteiger partial charge in [0.1, 0.15) is 11.6 Å². The standard InChI is InChI=1S/C24H22FN3O/c1-16-6-5-9-22(26-16)28(2)23(29)15-14-20-19-7-3-4-8-21(19)27-24(20)17-10-12-18(25)13-11-17/h3-13,27H,14-15H2,1-2H3. The van der Waals surface area contributed by atoms with Gasteiger partial charge in [-0.2, -0.15) is 0 Å². The lowest BCUT2D eigenvalue weighted by Gasteiger charge is -2.17. The molecule has 0 aliphatic carbocycles. The Morgan fingerprint density at radius 1 is 1.03 bits per heavy atom. The van der Waals surface area contributed by atoms with Crippen molar-refractivity contribution in [2.24, 2.45) is 0 Å². The van der Waals surface area contributed by atoms with Gasteiger partial charge in [0, 0.05) is 35.8 Å². The Bertz CT molecular complexity index is 1160. The molecule has 0 saturated carbocycles. The van der Waals surface area contributed by atoms with Crippen molar-refractivity contribution in [3.8, 4) is 11.3 Å². The van der Waals surface area contributed by atoms with Gasteiger partial charge in [-0.25, -0.2) is 9.37 Å². The zero-order chi connectivity index (χ0) is 20.4. The van der Waals surface area contributed by atoms with E-state index < -0.39 is 0 Å². The van der Waals surface area contributed by atoms with Crippen molar-refractivity contribution >= 4 is 22.6 Å². The van der Waals surface area contributed by atoms with Crippen LogP contribution in [-0.2, 0) is 11.2 Å². The average Bonchev–Trinajstić information content (AvgIpc) is 3.10. The van der Waals surface area contributed by atoms with Crippen LogP contribution in [-0.4, -0.2) is 22.9 Å². The number of fused-ring (bicyclic) bond motifs is 1. The van der Waals surface area contributed by atoms with E-state index in [2.05, 4.69) is 9.97 Å². The van der Waals surface area contributed by atoms with Crippen LogP contribution in [0.15, 0.2) is 66.7 Å². The molecule has 0 atom stereocenters. The average molecular weight is 387 g/mol. The number of pyridine rings is 1. The number of carbonyl (C=O) groups is 1. The number of rotatable bonds is 5. The molecular formula is C24H22FN3O. The summed E-state index contributed by atoms with van der Waals surface area (Å²) in [6.45, 7) is 1.91. The number of amides is 1. The van der Waals surface area contributed by atoms with Crippen LogP contribution < -0.4 is 4.90 Å². The number of H-pyrrole nitrogens is 1. The molecule has 2 aromatic heterocycles. The minimum Gasteiger partial charge on any atom is -0.354 e. The van der Waals surface area contributed by atoms with Gasteiger partial charge in [0.05, 0.1) is 0 Å². The van der Waals surface area contributed by atoms with E-state index >= 15 is 0 Å². The van der Waals surface area contributed by atoms with Crippen LogP contribution in [0.5, 0.6) is 0 Å². The van der Waals surface area contributed by atoms with Crippen LogP contribution in [0.1, 0.15) is 17.7 Å². The van der Waals surface area contributed by atoms with Crippen molar-refractivity contribution in [3.63, 3.8) is 0 Å². The normalized spacial score (nSPS) is 11.0. The topological polar surface area (TPSA) is 49.0 Å². The van der Waals surface area contributed by atoms with Gasteiger partial charge in [0.25, 0.3) is 0 Å². The largest absolute Gasteiger partial charge is 0.354 e. The monoisotopic (exact) mass is 387 g/mol. The molecule has 0 aliphatic rings. The number of aromatic amines is 1. The van der Waals surface area contributed by atoms with Crippen LogP contribution in [0.3, 0.4) is 0 Å². The van der Waals surface area contributed by atoms with Crippen LogP contribution in [0, 0.1) is 12.7 Å². The first kappa shape index (κ1) is 18.9. The van der Waals surface area contributed by atoms with Crippen LogP contribution in [0.2, 0.25) is 0 Å². The van der Waals surface area contributed by atoms with E-state index in [0.29, 0.717) is 18.7 Å². The summed E-state index contributed by atoms with van der Waals surface area (Å²) in [6.07, 6.45) is 0.924. The lowest BCUT2D eigenvalue weighted by Crippen LogP contribution is -2.27. The Labute approximate surface area is 169 Å². The summed E-state index contributed by atoms with van der Waals surface area (Å²) in [4.78, 5) is 22.3. The van der Waals surface area contributed by atoms with Gasteiger partial charge in [-0.1, -0.05) is 24.3 Å². The number of anilines is 1. The molecule has 2 heterocycles. The number of hydrogen-bond donors (Lipinski definition) is 1. The highest BCUT2D eigenvalue weighted by Gasteiger charge is 2.17. The Hall–Kier alpha value is -3.47. The lowest BCUT2D eigenvalue weighted by molar-refractivity contribution is -0.118. The molecule has 0 saturated heterocycles. The van der Waals surface area contributed by atoms with Crippen molar-refractivity contribution < 1.29 is 9.18 Å². The highest BCUT2D eigenvalue weighted by atomic mass is 19.1. The first-order chi connectivity index (χ1) is 14.0. The van der Waals surface area contributed by atoms with Crippen molar-refractivity contribution in [2.45, 2.75) is 19.8 Å². The molecule has 5 heteroatoms. The number of hydrogen-bond acceptors (Lipinski definition) is 2. The molecule has 0 bridgehead atoms. The molecule has 0 fully saturated rings. The maximum absolute atomic E-state index is 13.4. The van der Waals surface area contributed by atoms with Gasteiger partial charge in [0.2, 0.25) is 5.91 Å². The summed E-state index contributed by atoms with van der Waals surface area (Å²) in [6, 6.07) is 20.1. The van der Waals surface area contributed by atoms with E-state index in [1.165, 1.54) is 12.1 Å². The number of carbonyl (C=O) groups excluding carboxylic acids is 1. The fraction of sp³-hybridized carbons (Fsp3) is 0.167.